The number of nitrogens with one attached hydrogen (secondary N) is 1. The van der Waals surface area contributed by atoms with E-state index in [0.29, 0.717) is 19.4 Å². The molecular weight excluding hydrogens is 779 g/mol. The third kappa shape index (κ3) is 49.6. The Kier molecular flexibility index (Phi) is 51.6. The normalized spacial score (nSPS) is 12.8. The number of rotatable bonds is 52. The molecule has 1 amide bonds. The molecule has 63 heavy (non-hydrogen) atoms. The fraction of sp³-hybridized carbons (Fsp3) is 0.895. The molecule has 0 aliphatic carbocycles. The molecule has 0 bridgehead atoms. The minimum atomic E-state index is -0.848. The second kappa shape index (κ2) is 53.0. The van der Waals surface area contributed by atoms with Crippen LogP contribution < -0.4 is 5.32 Å². The Bertz CT molecular complexity index is 982. The summed E-state index contributed by atoms with van der Waals surface area (Å²) < 4.78 is 5.46. The average Bonchev–Trinajstić information content (AvgIpc) is 3.28. The van der Waals surface area contributed by atoms with Gasteiger partial charge in [-0.3, -0.25) is 9.59 Å². The second-order valence-electron chi connectivity index (χ2n) is 19.3. The van der Waals surface area contributed by atoms with Crippen LogP contribution in [0.3, 0.4) is 0 Å². The Labute approximate surface area is 392 Å². The Hall–Kier alpha value is -1.66. The number of carbonyl (C=O) groups excluding carboxylic acids is 2. The average molecular weight is 889 g/mol. The molecule has 0 saturated carbocycles. The van der Waals surface area contributed by atoms with Gasteiger partial charge >= 0.3 is 5.97 Å². The molecule has 0 radical (unpaired) electrons. The molecule has 0 aromatic heterocycles. The van der Waals surface area contributed by atoms with Crippen LogP contribution in [0.4, 0.5) is 0 Å². The topological polar surface area (TPSA) is 95.9 Å². The summed E-state index contributed by atoms with van der Waals surface area (Å²) in [5.74, 6) is -0.0769. The van der Waals surface area contributed by atoms with E-state index >= 15 is 0 Å². The molecular formula is C57H109NO5. The number of hydrogen-bond donors (Lipinski definition) is 3. The van der Waals surface area contributed by atoms with E-state index in [4.69, 9.17) is 4.74 Å². The zero-order valence-corrected chi connectivity index (χ0v) is 42.3. The summed E-state index contributed by atoms with van der Waals surface area (Å²) in [5, 5.41) is 23.1. The van der Waals surface area contributed by atoms with Gasteiger partial charge in [0.05, 0.1) is 25.4 Å². The minimum Gasteiger partial charge on any atom is -0.466 e. The number of unbranched alkanes of at least 4 members (excludes halogenated alkanes) is 39. The van der Waals surface area contributed by atoms with Crippen LogP contribution in [0.2, 0.25) is 0 Å². The van der Waals surface area contributed by atoms with E-state index in [1.807, 2.05) is 6.08 Å². The summed E-state index contributed by atoms with van der Waals surface area (Å²) >= 11 is 0. The molecule has 2 atom stereocenters. The van der Waals surface area contributed by atoms with E-state index in [1.54, 1.807) is 6.08 Å². The van der Waals surface area contributed by atoms with Gasteiger partial charge in [0.15, 0.2) is 0 Å². The van der Waals surface area contributed by atoms with Gasteiger partial charge in [-0.1, -0.05) is 256 Å². The second-order valence-corrected chi connectivity index (χ2v) is 19.3. The smallest absolute Gasteiger partial charge is 0.305 e. The number of aliphatic hydroxyl groups excluding tert-OH is 2. The van der Waals surface area contributed by atoms with E-state index in [1.165, 1.54) is 231 Å². The van der Waals surface area contributed by atoms with E-state index in [2.05, 4.69) is 31.3 Å². The lowest BCUT2D eigenvalue weighted by Gasteiger charge is -2.20. The molecule has 0 aliphatic rings. The molecule has 0 aromatic carbocycles. The first kappa shape index (κ1) is 61.3. The standard InChI is InChI=1S/C57H109NO5/c1-3-5-7-9-11-13-15-17-18-22-26-29-33-37-41-45-49-55(60)54(53-59)58-56(61)50-46-42-38-34-30-27-23-20-19-21-24-28-32-36-40-44-48-52-63-57(62)51-47-43-39-35-31-25-16-14-12-10-8-6-4-2/h14,16,45,49,54-55,59-60H,3-13,15,17-44,46-48,50-53H2,1-2H3,(H,58,61)/b16-14-,49-45+. The summed E-state index contributed by atoms with van der Waals surface area (Å²) in [6, 6.07) is -0.631. The van der Waals surface area contributed by atoms with Crippen molar-refractivity contribution in [1.82, 2.24) is 5.32 Å². The third-order valence-corrected chi connectivity index (χ3v) is 13.0. The number of allylic oxidation sites excluding steroid dienone is 3. The minimum absolute atomic E-state index is 0.00475. The molecule has 6 heteroatoms. The van der Waals surface area contributed by atoms with Crippen molar-refractivity contribution >= 4 is 11.9 Å². The number of aliphatic hydroxyl groups is 2. The van der Waals surface area contributed by atoms with Crippen molar-refractivity contribution in [1.29, 1.82) is 0 Å². The van der Waals surface area contributed by atoms with Crippen LogP contribution >= 0.6 is 0 Å². The van der Waals surface area contributed by atoms with Gasteiger partial charge in [-0.15, -0.1) is 0 Å². The molecule has 0 heterocycles. The Morgan fingerprint density at radius 1 is 0.429 bits per heavy atom. The third-order valence-electron chi connectivity index (χ3n) is 13.0. The molecule has 0 fully saturated rings. The van der Waals surface area contributed by atoms with Crippen molar-refractivity contribution in [3.05, 3.63) is 24.3 Å². The van der Waals surface area contributed by atoms with E-state index in [9.17, 15) is 19.8 Å². The van der Waals surface area contributed by atoms with Gasteiger partial charge in [0.2, 0.25) is 5.91 Å². The number of esters is 1. The van der Waals surface area contributed by atoms with Crippen LogP contribution in [0.5, 0.6) is 0 Å². The molecule has 6 nitrogen and oxygen atoms in total. The van der Waals surface area contributed by atoms with Crippen molar-refractivity contribution in [3.8, 4) is 0 Å². The predicted octanol–water partition coefficient (Wildman–Crippen LogP) is 17.1. The highest BCUT2D eigenvalue weighted by atomic mass is 16.5. The van der Waals surface area contributed by atoms with Crippen LogP contribution in [0.15, 0.2) is 24.3 Å². The molecule has 0 rings (SSSR count). The van der Waals surface area contributed by atoms with Gasteiger partial charge in [0, 0.05) is 12.8 Å². The number of ether oxygens (including phenoxy) is 1. The maximum Gasteiger partial charge on any atom is 0.305 e. The molecule has 0 aromatic rings. The van der Waals surface area contributed by atoms with Gasteiger partial charge in [-0.25, -0.2) is 0 Å². The summed E-state index contributed by atoms with van der Waals surface area (Å²) in [6.07, 6.45) is 63.3. The maximum atomic E-state index is 12.5. The molecule has 0 spiro atoms. The summed E-state index contributed by atoms with van der Waals surface area (Å²) in [6.45, 7) is 4.88. The largest absolute Gasteiger partial charge is 0.466 e. The lowest BCUT2D eigenvalue weighted by atomic mass is 10.0. The van der Waals surface area contributed by atoms with E-state index in [-0.39, 0.29) is 18.5 Å². The Morgan fingerprint density at radius 2 is 0.746 bits per heavy atom. The Balaban J connectivity index is 3.45. The maximum absolute atomic E-state index is 12.5. The van der Waals surface area contributed by atoms with Crippen LogP contribution in [0, 0.1) is 0 Å². The van der Waals surface area contributed by atoms with Crippen LogP contribution in [-0.4, -0.2) is 47.4 Å². The van der Waals surface area contributed by atoms with Gasteiger partial charge in [-0.05, 0) is 57.8 Å². The molecule has 3 N–H and O–H groups in total. The zero-order valence-electron chi connectivity index (χ0n) is 42.3. The van der Waals surface area contributed by atoms with Crippen molar-refractivity contribution < 1.29 is 24.5 Å². The number of amides is 1. The van der Waals surface area contributed by atoms with Gasteiger partial charge in [0.25, 0.3) is 0 Å². The summed E-state index contributed by atoms with van der Waals surface area (Å²) in [5.41, 5.74) is 0. The monoisotopic (exact) mass is 888 g/mol. The lowest BCUT2D eigenvalue weighted by molar-refractivity contribution is -0.143. The number of carbonyl (C=O) groups is 2. The van der Waals surface area contributed by atoms with E-state index in [0.717, 1.165) is 44.9 Å². The Morgan fingerprint density at radius 3 is 1.14 bits per heavy atom. The predicted molar refractivity (Wildman–Crippen MR) is 273 cm³/mol. The first-order valence-corrected chi connectivity index (χ1v) is 28.1. The van der Waals surface area contributed by atoms with Crippen LogP contribution in [-0.2, 0) is 14.3 Å². The zero-order chi connectivity index (χ0) is 45.8. The van der Waals surface area contributed by atoms with Crippen molar-refractivity contribution in [2.24, 2.45) is 0 Å². The molecule has 2 unspecified atom stereocenters. The highest BCUT2D eigenvalue weighted by Crippen LogP contribution is 2.17. The quantitative estimate of drug-likeness (QED) is 0.0321. The fourth-order valence-electron chi connectivity index (χ4n) is 8.63. The van der Waals surface area contributed by atoms with Gasteiger partial charge < -0.3 is 20.3 Å². The van der Waals surface area contributed by atoms with Gasteiger partial charge in [-0.2, -0.15) is 0 Å². The lowest BCUT2D eigenvalue weighted by Crippen LogP contribution is -2.45. The van der Waals surface area contributed by atoms with Crippen LogP contribution in [0.25, 0.3) is 0 Å². The van der Waals surface area contributed by atoms with Crippen molar-refractivity contribution in [2.45, 2.75) is 315 Å². The van der Waals surface area contributed by atoms with Crippen molar-refractivity contribution in [3.63, 3.8) is 0 Å². The highest BCUT2D eigenvalue weighted by Gasteiger charge is 2.18. The fourth-order valence-corrected chi connectivity index (χ4v) is 8.63. The van der Waals surface area contributed by atoms with Crippen LogP contribution in [0.1, 0.15) is 303 Å². The number of hydrogen-bond acceptors (Lipinski definition) is 5. The first-order valence-electron chi connectivity index (χ1n) is 28.1. The molecule has 0 aliphatic heterocycles. The summed E-state index contributed by atoms with van der Waals surface area (Å²) in [7, 11) is 0. The first-order chi connectivity index (χ1) is 31.0. The molecule has 372 valence electrons. The van der Waals surface area contributed by atoms with Gasteiger partial charge in [0.1, 0.15) is 0 Å². The van der Waals surface area contributed by atoms with Crippen molar-refractivity contribution in [2.75, 3.05) is 13.2 Å². The summed E-state index contributed by atoms with van der Waals surface area (Å²) in [4.78, 5) is 24.5. The highest BCUT2D eigenvalue weighted by molar-refractivity contribution is 5.76. The van der Waals surface area contributed by atoms with E-state index < -0.39 is 12.1 Å². The molecule has 0 saturated heterocycles. The SMILES string of the molecule is CCCCCC/C=C\CCCCCCCC(=O)OCCCCCCCCCCCCCCCCCCCC(=O)NC(CO)C(O)/C=C/CCCCCCCCCCCCCCCC.